The second kappa shape index (κ2) is 5.08. The number of benzene rings is 2. The molecule has 2 aromatic rings. The van der Waals surface area contributed by atoms with Crippen LogP contribution in [0.4, 0.5) is 0 Å². The summed E-state index contributed by atoms with van der Waals surface area (Å²) < 4.78 is 0. The van der Waals surface area contributed by atoms with Gasteiger partial charge < -0.3 is 5.11 Å². The molecule has 0 aliphatic heterocycles. The van der Waals surface area contributed by atoms with E-state index in [-0.39, 0.29) is 0 Å². The van der Waals surface area contributed by atoms with E-state index >= 15 is 0 Å². The summed E-state index contributed by atoms with van der Waals surface area (Å²) in [6, 6.07) is 17.4. The lowest BCUT2D eigenvalue weighted by atomic mass is 9.96. The van der Waals surface area contributed by atoms with E-state index in [2.05, 4.69) is 11.8 Å². The number of hydrogen-bond acceptors (Lipinski definition) is 1. The van der Waals surface area contributed by atoms with Crippen LogP contribution in [0, 0.1) is 18.8 Å². The molecule has 1 N–H and O–H groups in total. The minimum Gasteiger partial charge on any atom is -0.374 e. The molecule has 0 aliphatic carbocycles. The van der Waals surface area contributed by atoms with Gasteiger partial charge in [-0.3, -0.25) is 0 Å². The van der Waals surface area contributed by atoms with Crippen molar-refractivity contribution in [2.75, 3.05) is 0 Å². The Labute approximate surface area is 108 Å². The van der Waals surface area contributed by atoms with E-state index in [0.717, 1.165) is 11.1 Å². The van der Waals surface area contributed by atoms with Crippen molar-refractivity contribution in [3.63, 3.8) is 0 Å². The van der Waals surface area contributed by atoms with Gasteiger partial charge in [0.05, 0.1) is 0 Å². The Hall–Kier alpha value is -2.04. The molecule has 0 saturated carbocycles. The third-order valence-electron chi connectivity index (χ3n) is 2.80. The fourth-order valence-corrected chi connectivity index (χ4v) is 1.75. The third-order valence-corrected chi connectivity index (χ3v) is 2.80. The molecule has 2 aromatic carbocycles. The molecule has 18 heavy (non-hydrogen) atoms. The maximum Gasteiger partial charge on any atom is 0.148 e. The van der Waals surface area contributed by atoms with Gasteiger partial charge in [0.15, 0.2) is 0 Å². The smallest absolute Gasteiger partial charge is 0.148 e. The van der Waals surface area contributed by atoms with Crippen LogP contribution in [0.5, 0.6) is 0 Å². The molecule has 0 fully saturated rings. The van der Waals surface area contributed by atoms with Crippen molar-refractivity contribution in [1.82, 2.24) is 0 Å². The minimum atomic E-state index is -1.12. The molecular formula is C17H16O. The van der Waals surface area contributed by atoms with Crippen molar-refractivity contribution in [3.05, 3.63) is 71.3 Å². The molecule has 0 aromatic heterocycles. The zero-order valence-corrected chi connectivity index (χ0v) is 10.6. The SMILES string of the molecule is Cc1cccc(C#C[C@](C)(O)c2ccccc2)c1. The van der Waals surface area contributed by atoms with Gasteiger partial charge in [-0.05, 0) is 37.1 Å². The number of rotatable bonds is 1. The van der Waals surface area contributed by atoms with Crippen LogP contribution in [0.25, 0.3) is 0 Å². The normalized spacial score (nSPS) is 13.3. The van der Waals surface area contributed by atoms with Crippen LogP contribution in [-0.2, 0) is 5.60 Å². The molecule has 90 valence electrons. The van der Waals surface area contributed by atoms with Gasteiger partial charge in [-0.25, -0.2) is 0 Å². The Bertz CT molecular complexity index is 586. The van der Waals surface area contributed by atoms with E-state index in [1.54, 1.807) is 6.92 Å². The first-order valence-electron chi connectivity index (χ1n) is 5.96. The Morgan fingerprint density at radius 2 is 1.72 bits per heavy atom. The molecule has 0 spiro atoms. The molecule has 1 atom stereocenters. The lowest BCUT2D eigenvalue weighted by Crippen LogP contribution is -2.18. The van der Waals surface area contributed by atoms with Crippen LogP contribution < -0.4 is 0 Å². The van der Waals surface area contributed by atoms with E-state index in [1.807, 2.05) is 61.5 Å². The summed E-state index contributed by atoms with van der Waals surface area (Å²) >= 11 is 0. The lowest BCUT2D eigenvalue weighted by Gasteiger charge is -2.16. The topological polar surface area (TPSA) is 20.2 Å². The quantitative estimate of drug-likeness (QED) is 0.753. The summed E-state index contributed by atoms with van der Waals surface area (Å²) in [5.74, 6) is 5.95. The minimum absolute atomic E-state index is 0.810. The van der Waals surface area contributed by atoms with Gasteiger partial charge in [-0.15, -0.1) is 0 Å². The van der Waals surface area contributed by atoms with Crippen LogP contribution in [0.15, 0.2) is 54.6 Å². The highest BCUT2D eigenvalue weighted by Crippen LogP contribution is 2.19. The van der Waals surface area contributed by atoms with Crippen molar-refractivity contribution >= 4 is 0 Å². The van der Waals surface area contributed by atoms with Crippen LogP contribution in [-0.4, -0.2) is 5.11 Å². The predicted octanol–water partition coefficient (Wildman–Crippen LogP) is 3.25. The predicted molar refractivity (Wildman–Crippen MR) is 74.1 cm³/mol. The fraction of sp³-hybridized carbons (Fsp3) is 0.176. The Morgan fingerprint density at radius 3 is 2.39 bits per heavy atom. The lowest BCUT2D eigenvalue weighted by molar-refractivity contribution is 0.122. The molecule has 0 bridgehead atoms. The maximum absolute atomic E-state index is 10.3. The molecule has 2 rings (SSSR count). The van der Waals surface area contributed by atoms with Crippen molar-refractivity contribution in [3.8, 4) is 11.8 Å². The number of hydrogen-bond donors (Lipinski definition) is 1. The summed E-state index contributed by atoms with van der Waals surface area (Å²) in [5.41, 5.74) is 1.78. The molecule has 0 unspecified atom stereocenters. The van der Waals surface area contributed by atoms with Gasteiger partial charge in [0.2, 0.25) is 0 Å². The van der Waals surface area contributed by atoms with E-state index in [9.17, 15) is 5.11 Å². The summed E-state index contributed by atoms with van der Waals surface area (Å²) in [6.45, 7) is 3.74. The van der Waals surface area contributed by atoms with Crippen LogP contribution >= 0.6 is 0 Å². The zero-order valence-electron chi connectivity index (χ0n) is 10.6. The second-order valence-corrected chi connectivity index (χ2v) is 4.56. The Balaban J connectivity index is 2.29. The molecule has 0 heterocycles. The van der Waals surface area contributed by atoms with E-state index in [4.69, 9.17) is 0 Å². The zero-order chi connectivity index (χ0) is 13.0. The third kappa shape index (κ3) is 3.00. The van der Waals surface area contributed by atoms with Gasteiger partial charge in [-0.2, -0.15) is 0 Å². The van der Waals surface area contributed by atoms with E-state index < -0.39 is 5.60 Å². The highest BCUT2D eigenvalue weighted by Gasteiger charge is 2.18. The molecule has 1 nitrogen and oxygen atoms in total. The molecular weight excluding hydrogens is 220 g/mol. The molecule has 0 radical (unpaired) electrons. The largest absolute Gasteiger partial charge is 0.374 e. The molecule has 0 amide bonds. The fourth-order valence-electron chi connectivity index (χ4n) is 1.75. The van der Waals surface area contributed by atoms with E-state index in [0.29, 0.717) is 0 Å². The summed E-state index contributed by atoms with van der Waals surface area (Å²) in [6.07, 6.45) is 0. The van der Waals surface area contributed by atoms with E-state index in [1.165, 1.54) is 5.56 Å². The van der Waals surface area contributed by atoms with Crippen molar-refractivity contribution < 1.29 is 5.11 Å². The van der Waals surface area contributed by atoms with Gasteiger partial charge in [0.25, 0.3) is 0 Å². The monoisotopic (exact) mass is 236 g/mol. The van der Waals surface area contributed by atoms with Crippen molar-refractivity contribution in [2.24, 2.45) is 0 Å². The second-order valence-electron chi connectivity index (χ2n) is 4.56. The van der Waals surface area contributed by atoms with Gasteiger partial charge in [-0.1, -0.05) is 54.3 Å². The summed E-state index contributed by atoms with van der Waals surface area (Å²) in [4.78, 5) is 0. The van der Waals surface area contributed by atoms with Crippen molar-refractivity contribution in [2.45, 2.75) is 19.4 Å². The highest BCUT2D eigenvalue weighted by molar-refractivity contribution is 5.40. The standard InChI is InChI=1S/C17H16O/c1-14-7-6-8-15(13-14)11-12-17(2,18)16-9-4-3-5-10-16/h3-10,13,18H,1-2H3/t17-/m0/s1. The highest BCUT2D eigenvalue weighted by atomic mass is 16.3. The first-order valence-corrected chi connectivity index (χ1v) is 5.96. The Morgan fingerprint density at radius 1 is 1.00 bits per heavy atom. The summed E-state index contributed by atoms with van der Waals surface area (Å²) in [7, 11) is 0. The Kier molecular flexibility index (Phi) is 3.50. The molecule has 0 aliphatic rings. The molecule has 0 saturated heterocycles. The van der Waals surface area contributed by atoms with Gasteiger partial charge in [0, 0.05) is 5.56 Å². The van der Waals surface area contributed by atoms with Crippen LogP contribution in [0.1, 0.15) is 23.6 Å². The first-order chi connectivity index (χ1) is 8.58. The van der Waals surface area contributed by atoms with Crippen LogP contribution in [0.2, 0.25) is 0 Å². The average molecular weight is 236 g/mol. The van der Waals surface area contributed by atoms with Crippen molar-refractivity contribution in [1.29, 1.82) is 0 Å². The number of aliphatic hydroxyl groups is 1. The average Bonchev–Trinajstić information content (AvgIpc) is 2.38. The van der Waals surface area contributed by atoms with Gasteiger partial charge in [0.1, 0.15) is 5.60 Å². The number of aryl methyl sites for hydroxylation is 1. The first kappa shape index (κ1) is 12.4. The maximum atomic E-state index is 10.3. The molecule has 1 heteroatoms. The summed E-state index contributed by atoms with van der Waals surface area (Å²) in [5, 5.41) is 10.3. The van der Waals surface area contributed by atoms with Crippen LogP contribution in [0.3, 0.4) is 0 Å². The van der Waals surface area contributed by atoms with Gasteiger partial charge >= 0.3 is 0 Å².